The molecule has 2 atom stereocenters. The maximum atomic E-state index is 12.6. The third-order valence-corrected chi connectivity index (χ3v) is 6.03. The van der Waals surface area contributed by atoms with E-state index in [0.717, 1.165) is 18.5 Å². The van der Waals surface area contributed by atoms with Gasteiger partial charge in [-0.2, -0.15) is 4.31 Å². The Balaban J connectivity index is 2.14. The van der Waals surface area contributed by atoms with Crippen molar-refractivity contribution in [1.29, 1.82) is 0 Å². The largest absolute Gasteiger partial charge is 0.319 e. The van der Waals surface area contributed by atoms with Crippen LogP contribution in [0.25, 0.3) is 0 Å². The van der Waals surface area contributed by atoms with E-state index in [1.165, 1.54) is 0 Å². The molecule has 0 saturated carbocycles. The highest BCUT2D eigenvalue weighted by atomic mass is 32.2. The van der Waals surface area contributed by atoms with Gasteiger partial charge in [0.15, 0.2) is 0 Å². The van der Waals surface area contributed by atoms with Crippen molar-refractivity contribution in [3.8, 4) is 0 Å². The zero-order chi connectivity index (χ0) is 14.8. The van der Waals surface area contributed by atoms with Crippen LogP contribution in [-0.2, 0) is 16.4 Å². The van der Waals surface area contributed by atoms with Crippen LogP contribution in [0.5, 0.6) is 0 Å². The highest BCUT2D eigenvalue weighted by Crippen LogP contribution is 2.28. The third kappa shape index (κ3) is 3.22. The normalized spacial score (nSPS) is 24.1. The van der Waals surface area contributed by atoms with Crippen molar-refractivity contribution in [2.45, 2.75) is 25.2 Å². The van der Waals surface area contributed by atoms with Gasteiger partial charge in [-0.15, -0.1) is 0 Å². The highest BCUT2D eigenvalue weighted by Gasteiger charge is 2.34. The van der Waals surface area contributed by atoms with Crippen LogP contribution < -0.4 is 5.32 Å². The first-order valence-corrected chi connectivity index (χ1v) is 8.63. The van der Waals surface area contributed by atoms with E-state index in [1.807, 2.05) is 19.2 Å². The van der Waals surface area contributed by atoms with Gasteiger partial charge in [0.2, 0.25) is 10.0 Å². The molecular formula is C15H24N2O2S. The maximum absolute atomic E-state index is 12.6. The summed E-state index contributed by atoms with van der Waals surface area (Å²) >= 11 is 0. The Labute approximate surface area is 122 Å². The van der Waals surface area contributed by atoms with E-state index >= 15 is 0 Å². The number of sulfonamides is 1. The molecule has 0 aromatic heterocycles. The number of rotatable bonds is 5. The standard InChI is InChI=1S/C15H24N2O2S/c1-12-10-17(11-13(12)2)20(18,19)15-6-4-14(5-7-15)8-9-16-3/h4-7,12-13,16H,8-11H2,1-3H3. The lowest BCUT2D eigenvalue weighted by atomic mass is 10.0. The topological polar surface area (TPSA) is 49.4 Å². The fourth-order valence-corrected chi connectivity index (χ4v) is 4.16. The molecule has 1 aromatic carbocycles. The van der Waals surface area contributed by atoms with Crippen LogP contribution in [0, 0.1) is 11.8 Å². The van der Waals surface area contributed by atoms with Crippen molar-refractivity contribution in [3.05, 3.63) is 29.8 Å². The molecule has 1 fully saturated rings. The van der Waals surface area contributed by atoms with Crippen molar-refractivity contribution >= 4 is 10.0 Å². The van der Waals surface area contributed by atoms with Gasteiger partial charge in [0.25, 0.3) is 0 Å². The van der Waals surface area contributed by atoms with Gasteiger partial charge >= 0.3 is 0 Å². The summed E-state index contributed by atoms with van der Waals surface area (Å²) in [5, 5.41) is 3.09. The monoisotopic (exact) mass is 296 g/mol. The van der Waals surface area contributed by atoms with E-state index in [9.17, 15) is 8.42 Å². The summed E-state index contributed by atoms with van der Waals surface area (Å²) in [5.41, 5.74) is 1.15. The Morgan fingerprint density at radius 1 is 1.15 bits per heavy atom. The average molecular weight is 296 g/mol. The Morgan fingerprint density at radius 3 is 2.20 bits per heavy atom. The van der Waals surface area contributed by atoms with E-state index in [1.54, 1.807) is 16.4 Å². The minimum atomic E-state index is -3.32. The van der Waals surface area contributed by atoms with E-state index in [0.29, 0.717) is 29.8 Å². The van der Waals surface area contributed by atoms with Crippen LogP contribution in [0.15, 0.2) is 29.2 Å². The molecule has 1 saturated heterocycles. The predicted octanol–water partition coefficient (Wildman–Crippen LogP) is 1.72. The minimum Gasteiger partial charge on any atom is -0.319 e. The molecule has 2 rings (SSSR count). The Hall–Kier alpha value is -0.910. The molecule has 1 N–H and O–H groups in total. The van der Waals surface area contributed by atoms with E-state index in [4.69, 9.17) is 0 Å². The average Bonchev–Trinajstić information content (AvgIpc) is 2.77. The number of nitrogens with one attached hydrogen (secondary N) is 1. The van der Waals surface area contributed by atoms with Crippen LogP contribution in [-0.4, -0.2) is 39.4 Å². The molecule has 1 aliphatic heterocycles. The van der Waals surface area contributed by atoms with Crippen LogP contribution >= 0.6 is 0 Å². The highest BCUT2D eigenvalue weighted by molar-refractivity contribution is 7.89. The molecule has 1 heterocycles. The fraction of sp³-hybridized carbons (Fsp3) is 0.600. The Bertz CT molecular complexity index is 529. The molecule has 112 valence electrons. The number of likely N-dealkylation sites (N-methyl/N-ethyl adjacent to an activating group) is 1. The molecule has 0 aliphatic carbocycles. The van der Waals surface area contributed by atoms with Gasteiger partial charge in [-0.25, -0.2) is 8.42 Å². The molecule has 0 amide bonds. The number of benzene rings is 1. The quantitative estimate of drug-likeness (QED) is 0.900. The van der Waals surface area contributed by atoms with E-state index in [2.05, 4.69) is 19.2 Å². The smallest absolute Gasteiger partial charge is 0.243 e. The van der Waals surface area contributed by atoms with Crippen molar-refractivity contribution in [2.24, 2.45) is 11.8 Å². The second kappa shape index (κ2) is 6.24. The molecule has 0 radical (unpaired) electrons. The van der Waals surface area contributed by atoms with Crippen molar-refractivity contribution in [3.63, 3.8) is 0 Å². The van der Waals surface area contributed by atoms with Gasteiger partial charge in [-0.05, 0) is 49.5 Å². The van der Waals surface area contributed by atoms with Gasteiger partial charge in [-0.1, -0.05) is 26.0 Å². The van der Waals surface area contributed by atoms with E-state index in [-0.39, 0.29) is 0 Å². The summed E-state index contributed by atoms with van der Waals surface area (Å²) < 4.78 is 26.7. The molecule has 2 unspecified atom stereocenters. The summed E-state index contributed by atoms with van der Waals surface area (Å²) in [6, 6.07) is 7.28. The SMILES string of the molecule is CNCCc1ccc(S(=O)(=O)N2CC(C)C(C)C2)cc1. The van der Waals surface area contributed by atoms with Crippen LogP contribution in [0.3, 0.4) is 0 Å². The molecule has 20 heavy (non-hydrogen) atoms. The molecule has 5 heteroatoms. The lowest BCUT2D eigenvalue weighted by Crippen LogP contribution is -2.29. The molecular weight excluding hydrogens is 272 g/mol. The second-order valence-corrected chi connectivity index (χ2v) is 7.71. The third-order valence-electron chi connectivity index (χ3n) is 4.18. The minimum absolute atomic E-state index is 0.409. The van der Waals surface area contributed by atoms with Gasteiger partial charge in [-0.3, -0.25) is 0 Å². The Morgan fingerprint density at radius 2 is 1.70 bits per heavy atom. The van der Waals surface area contributed by atoms with Crippen LogP contribution in [0.4, 0.5) is 0 Å². The number of hydrogen-bond acceptors (Lipinski definition) is 3. The lowest BCUT2D eigenvalue weighted by molar-refractivity contribution is 0.463. The van der Waals surface area contributed by atoms with Crippen molar-refractivity contribution in [1.82, 2.24) is 9.62 Å². The van der Waals surface area contributed by atoms with Gasteiger partial charge in [0.05, 0.1) is 4.90 Å². The number of hydrogen-bond donors (Lipinski definition) is 1. The van der Waals surface area contributed by atoms with Crippen molar-refractivity contribution < 1.29 is 8.42 Å². The molecule has 1 aliphatic rings. The molecule has 4 nitrogen and oxygen atoms in total. The van der Waals surface area contributed by atoms with Crippen LogP contribution in [0.1, 0.15) is 19.4 Å². The molecule has 1 aromatic rings. The first-order chi connectivity index (χ1) is 9.45. The van der Waals surface area contributed by atoms with Crippen molar-refractivity contribution in [2.75, 3.05) is 26.7 Å². The summed E-state index contributed by atoms with van der Waals surface area (Å²) in [5.74, 6) is 0.861. The molecule has 0 spiro atoms. The lowest BCUT2D eigenvalue weighted by Gasteiger charge is -2.16. The van der Waals surface area contributed by atoms with Gasteiger partial charge < -0.3 is 5.32 Å². The first-order valence-electron chi connectivity index (χ1n) is 7.19. The first kappa shape index (κ1) is 15.5. The number of nitrogens with zero attached hydrogens (tertiary/aromatic N) is 1. The summed E-state index contributed by atoms with van der Waals surface area (Å²) in [7, 11) is -1.41. The second-order valence-electron chi connectivity index (χ2n) is 5.77. The van der Waals surface area contributed by atoms with Crippen LogP contribution in [0.2, 0.25) is 0 Å². The molecule has 0 bridgehead atoms. The zero-order valence-electron chi connectivity index (χ0n) is 12.5. The predicted molar refractivity (Wildman–Crippen MR) is 81.2 cm³/mol. The zero-order valence-corrected chi connectivity index (χ0v) is 13.3. The summed E-state index contributed by atoms with van der Waals surface area (Å²) in [6.07, 6.45) is 0.911. The van der Waals surface area contributed by atoms with Gasteiger partial charge in [0.1, 0.15) is 0 Å². The van der Waals surface area contributed by atoms with Gasteiger partial charge in [0, 0.05) is 13.1 Å². The van der Waals surface area contributed by atoms with E-state index < -0.39 is 10.0 Å². The fourth-order valence-electron chi connectivity index (χ4n) is 2.52. The maximum Gasteiger partial charge on any atom is 0.243 e. The summed E-state index contributed by atoms with van der Waals surface area (Å²) in [4.78, 5) is 0.409. The Kier molecular flexibility index (Phi) is 4.83. The summed E-state index contributed by atoms with van der Waals surface area (Å²) in [6.45, 7) is 6.38.